The molecule has 6 nitrogen and oxygen atoms in total. The normalized spacial score (nSPS) is 19.8. The number of amides is 1. The third-order valence-corrected chi connectivity index (χ3v) is 2.53. The van der Waals surface area contributed by atoms with Crippen molar-refractivity contribution < 1.29 is 9.53 Å². The minimum absolute atomic E-state index is 0.216. The smallest absolute Gasteiger partial charge is 0.274 e. The number of carbonyl (C=O) groups excluding carboxylic acids is 1. The van der Waals surface area contributed by atoms with Crippen molar-refractivity contribution in [1.29, 1.82) is 5.26 Å². The molecule has 1 aromatic rings. The minimum Gasteiger partial charge on any atom is -0.360 e. The first-order chi connectivity index (χ1) is 8.20. The van der Waals surface area contributed by atoms with Crippen LogP contribution in [0.1, 0.15) is 10.5 Å². The zero-order valence-corrected chi connectivity index (χ0v) is 9.59. The summed E-state index contributed by atoms with van der Waals surface area (Å²) < 4.78 is 5.15. The van der Waals surface area contributed by atoms with Gasteiger partial charge in [-0.15, -0.1) is 0 Å². The molecule has 0 aliphatic carbocycles. The number of ether oxygens (including phenoxy) is 1. The van der Waals surface area contributed by atoms with E-state index in [2.05, 4.69) is 9.97 Å². The van der Waals surface area contributed by atoms with Gasteiger partial charge in [0.1, 0.15) is 10.8 Å². The minimum atomic E-state index is -0.576. The van der Waals surface area contributed by atoms with Gasteiger partial charge in [0.15, 0.2) is 6.10 Å². The van der Waals surface area contributed by atoms with Gasteiger partial charge in [-0.3, -0.25) is 4.79 Å². The van der Waals surface area contributed by atoms with Crippen molar-refractivity contribution in [3.8, 4) is 6.07 Å². The van der Waals surface area contributed by atoms with Crippen LogP contribution >= 0.6 is 11.6 Å². The predicted molar refractivity (Wildman–Crippen MR) is 58.3 cm³/mol. The molecule has 17 heavy (non-hydrogen) atoms. The Balaban J connectivity index is 2.09. The van der Waals surface area contributed by atoms with Crippen molar-refractivity contribution in [2.45, 2.75) is 6.10 Å². The van der Waals surface area contributed by atoms with Gasteiger partial charge in [-0.2, -0.15) is 5.26 Å². The van der Waals surface area contributed by atoms with Gasteiger partial charge in [-0.25, -0.2) is 9.97 Å². The SMILES string of the molecule is N#CC1CN(C(=O)c2cnc(Cl)cn2)CCO1. The average Bonchev–Trinajstić information content (AvgIpc) is 2.39. The van der Waals surface area contributed by atoms with Crippen LogP contribution in [0.5, 0.6) is 0 Å². The van der Waals surface area contributed by atoms with Crippen LogP contribution in [0.2, 0.25) is 5.15 Å². The lowest BCUT2D eigenvalue weighted by molar-refractivity contribution is 0.00318. The summed E-state index contributed by atoms with van der Waals surface area (Å²) >= 11 is 5.59. The molecule has 0 saturated carbocycles. The van der Waals surface area contributed by atoms with E-state index in [-0.39, 0.29) is 23.3 Å². The molecule has 1 atom stereocenters. The van der Waals surface area contributed by atoms with Crippen LogP contribution in [0.15, 0.2) is 12.4 Å². The summed E-state index contributed by atoms with van der Waals surface area (Å²) in [6.45, 7) is 1.05. The number of nitrogens with zero attached hydrogens (tertiary/aromatic N) is 4. The van der Waals surface area contributed by atoms with Gasteiger partial charge in [0.25, 0.3) is 5.91 Å². The third-order valence-electron chi connectivity index (χ3n) is 2.34. The van der Waals surface area contributed by atoms with E-state index in [4.69, 9.17) is 21.6 Å². The Hall–Kier alpha value is -1.71. The van der Waals surface area contributed by atoms with Crippen LogP contribution in [-0.2, 0) is 4.74 Å². The van der Waals surface area contributed by atoms with Gasteiger partial charge in [0.2, 0.25) is 0 Å². The van der Waals surface area contributed by atoms with E-state index >= 15 is 0 Å². The lowest BCUT2D eigenvalue weighted by Gasteiger charge is -2.29. The molecule has 2 heterocycles. The molecule has 1 aliphatic heterocycles. The fraction of sp³-hybridized carbons (Fsp3) is 0.400. The molecule has 1 unspecified atom stereocenters. The molecule has 0 N–H and O–H groups in total. The molecule has 0 radical (unpaired) electrons. The largest absolute Gasteiger partial charge is 0.360 e. The first-order valence-corrected chi connectivity index (χ1v) is 5.36. The van der Waals surface area contributed by atoms with E-state index in [9.17, 15) is 4.79 Å². The highest BCUT2D eigenvalue weighted by Gasteiger charge is 2.25. The summed E-state index contributed by atoms with van der Waals surface area (Å²) in [6.07, 6.45) is 2.06. The van der Waals surface area contributed by atoms with Crippen LogP contribution in [0.25, 0.3) is 0 Å². The summed E-state index contributed by atoms with van der Waals surface area (Å²) in [5.41, 5.74) is 0.216. The molecule has 1 saturated heterocycles. The molecule has 0 aromatic carbocycles. The maximum absolute atomic E-state index is 12.0. The molecular weight excluding hydrogens is 244 g/mol. The number of hydrogen-bond acceptors (Lipinski definition) is 5. The van der Waals surface area contributed by atoms with Crippen LogP contribution in [0.3, 0.4) is 0 Å². The monoisotopic (exact) mass is 252 g/mol. The van der Waals surface area contributed by atoms with Crippen molar-refractivity contribution in [3.05, 3.63) is 23.2 Å². The molecule has 1 aromatic heterocycles. The standard InChI is InChI=1S/C10H9ClN4O2/c11-9-5-13-8(4-14-9)10(16)15-1-2-17-7(3-12)6-15/h4-5,7H,1-2,6H2. The topological polar surface area (TPSA) is 79.1 Å². The molecule has 1 fully saturated rings. The number of nitriles is 1. The van der Waals surface area contributed by atoms with Gasteiger partial charge in [0.05, 0.1) is 31.6 Å². The summed E-state index contributed by atoms with van der Waals surface area (Å²) in [6, 6.07) is 1.98. The van der Waals surface area contributed by atoms with E-state index in [0.29, 0.717) is 13.2 Å². The van der Waals surface area contributed by atoms with Gasteiger partial charge in [0, 0.05) is 6.54 Å². The Bertz CT molecular complexity index is 456. The van der Waals surface area contributed by atoms with Gasteiger partial charge < -0.3 is 9.64 Å². The molecule has 7 heteroatoms. The van der Waals surface area contributed by atoms with E-state index in [1.54, 1.807) is 0 Å². The summed E-state index contributed by atoms with van der Waals surface area (Å²) in [7, 11) is 0. The number of halogens is 1. The Kier molecular flexibility index (Phi) is 3.52. The molecule has 0 bridgehead atoms. The average molecular weight is 253 g/mol. The predicted octanol–water partition coefficient (Wildman–Crippen LogP) is 0.495. The maximum Gasteiger partial charge on any atom is 0.274 e. The maximum atomic E-state index is 12.0. The Morgan fingerprint density at radius 1 is 1.59 bits per heavy atom. The van der Waals surface area contributed by atoms with Crippen LogP contribution in [0, 0.1) is 11.3 Å². The Morgan fingerprint density at radius 3 is 3.06 bits per heavy atom. The fourth-order valence-corrected chi connectivity index (χ4v) is 1.59. The lowest BCUT2D eigenvalue weighted by Crippen LogP contribution is -2.45. The second-order valence-corrected chi connectivity index (χ2v) is 3.85. The van der Waals surface area contributed by atoms with E-state index in [0.717, 1.165) is 0 Å². The van der Waals surface area contributed by atoms with Gasteiger partial charge in [-0.05, 0) is 0 Å². The molecule has 2 rings (SSSR count). The zero-order chi connectivity index (χ0) is 12.3. The summed E-state index contributed by atoms with van der Waals surface area (Å²) in [4.78, 5) is 21.2. The van der Waals surface area contributed by atoms with Crippen molar-refractivity contribution in [3.63, 3.8) is 0 Å². The van der Waals surface area contributed by atoms with Gasteiger partial charge >= 0.3 is 0 Å². The third kappa shape index (κ3) is 2.70. The molecular formula is C10H9ClN4O2. The second-order valence-electron chi connectivity index (χ2n) is 3.46. The van der Waals surface area contributed by atoms with Gasteiger partial charge in [-0.1, -0.05) is 11.6 Å². The number of aromatic nitrogens is 2. The van der Waals surface area contributed by atoms with Crippen LogP contribution < -0.4 is 0 Å². The van der Waals surface area contributed by atoms with Crippen molar-refractivity contribution in [2.24, 2.45) is 0 Å². The van der Waals surface area contributed by atoms with E-state index in [1.165, 1.54) is 17.3 Å². The zero-order valence-electron chi connectivity index (χ0n) is 8.84. The summed E-state index contributed by atoms with van der Waals surface area (Å²) in [5, 5.41) is 8.97. The van der Waals surface area contributed by atoms with Crippen LogP contribution in [-0.4, -0.2) is 46.6 Å². The lowest BCUT2D eigenvalue weighted by atomic mass is 10.2. The molecule has 88 valence electrons. The molecule has 1 amide bonds. The summed E-state index contributed by atoms with van der Waals surface area (Å²) in [5.74, 6) is -0.266. The quantitative estimate of drug-likeness (QED) is 0.727. The molecule has 0 spiro atoms. The Morgan fingerprint density at radius 2 is 2.41 bits per heavy atom. The van der Waals surface area contributed by atoms with Crippen molar-refractivity contribution in [2.75, 3.05) is 19.7 Å². The number of morpholine rings is 1. The fourth-order valence-electron chi connectivity index (χ4n) is 1.50. The first-order valence-electron chi connectivity index (χ1n) is 4.99. The van der Waals surface area contributed by atoms with Crippen molar-refractivity contribution >= 4 is 17.5 Å². The highest BCUT2D eigenvalue weighted by Crippen LogP contribution is 2.09. The van der Waals surface area contributed by atoms with Crippen molar-refractivity contribution in [1.82, 2.24) is 14.9 Å². The van der Waals surface area contributed by atoms with Crippen LogP contribution in [0.4, 0.5) is 0 Å². The first kappa shape index (κ1) is 11.8. The number of rotatable bonds is 1. The second kappa shape index (κ2) is 5.08. The van der Waals surface area contributed by atoms with E-state index in [1.807, 2.05) is 6.07 Å². The van der Waals surface area contributed by atoms with E-state index < -0.39 is 6.10 Å². The Labute approximate surface area is 103 Å². The number of carbonyl (C=O) groups is 1. The highest BCUT2D eigenvalue weighted by atomic mass is 35.5. The molecule has 1 aliphatic rings. The number of hydrogen-bond donors (Lipinski definition) is 0. The highest BCUT2D eigenvalue weighted by molar-refractivity contribution is 6.29.